The Morgan fingerprint density at radius 2 is 2.30 bits per heavy atom. The molecule has 6 heteroatoms. The van der Waals surface area contributed by atoms with Crippen molar-refractivity contribution in [2.75, 3.05) is 11.9 Å². The third kappa shape index (κ3) is 1.86. The Morgan fingerprint density at radius 3 is 3.10 bits per heavy atom. The quantitative estimate of drug-likeness (QED) is 0.871. The summed E-state index contributed by atoms with van der Waals surface area (Å²) in [7, 11) is 0. The summed E-state index contributed by atoms with van der Waals surface area (Å²) >= 11 is 0. The van der Waals surface area contributed by atoms with Crippen molar-refractivity contribution in [3.05, 3.63) is 12.0 Å². The van der Waals surface area contributed by atoms with Gasteiger partial charge in [0.2, 0.25) is 0 Å². The van der Waals surface area contributed by atoms with Gasteiger partial charge in [-0.05, 0) is 45.6 Å². The molecule has 3 heterocycles. The zero-order valence-corrected chi connectivity index (χ0v) is 11.6. The van der Waals surface area contributed by atoms with Gasteiger partial charge in [0.15, 0.2) is 0 Å². The van der Waals surface area contributed by atoms with Crippen LogP contribution in [0.4, 0.5) is 5.82 Å². The number of rotatable bonds is 2. The molecule has 1 unspecified atom stereocenters. The number of aryl methyl sites for hydroxylation is 1. The van der Waals surface area contributed by atoms with E-state index in [1.165, 1.54) is 32.0 Å². The molecule has 0 aromatic carbocycles. The number of anilines is 1. The first-order chi connectivity index (χ1) is 9.76. The number of hydrogen-bond donors (Lipinski definition) is 2. The monoisotopic (exact) mass is 273 g/mol. The van der Waals surface area contributed by atoms with Crippen LogP contribution in [0.1, 0.15) is 37.8 Å². The van der Waals surface area contributed by atoms with Gasteiger partial charge in [0.25, 0.3) is 5.71 Å². The van der Waals surface area contributed by atoms with Crippen molar-refractivity contribution in [1.82, 2.24) is 20.4 Å². The highest BCUT2D eigenvalue weighted by Crippen LogP contribution is 2.39. The lowest BCUT2D eigenvalue weighted by Crippen LogP contribution is -2.58. The zero-order valence-electron chi connectivity index (χ0n) is 11.6. The first-order valence-corrected chi connectivity index (χ1v) is 7.34. The van der Waals surface area contributed by atoms with Crippen LogP contribution in [0.25, 0.3) is 11.1 Å². The number of nitrogens with one attached hydrogen (secondary N) is 2. The number of aromatic nitrogens is 3. The second-order valence-electron chi connectivity index (χ2n) is 6.07. The highest BCUT2D eigenvalue weighted by atomic mass is 16.5. The number of piperidine rings is 1. The van der Waals surface area contributed by atoms with Gasteiger partial charge in [-0.3, -0.25) is 0 Å². The van der Waals surface area contributed by atoms with E-state index in [9.17, 15) is 0 Å². The van der Waals surface area contributed by atoms with Crippen LogP contribution in [0.15, 0.2) is 10.9 Å². The van der Waals surface area contributed by atoms with Crippen molar-refractivity contribution in [2.45, 2.75) is 50.6 Å². The maximum absolute atomic E-state index is 5.20. The van der Waals surface area contributed by atoms with Crippen LogP contribution >= 0.6 is 0 Å². The molecule has 1 saturated heterocycles. The minimum Gasteiger partial charge on any atom is -0.366 e. The summed E-state index contributed by atoms with van der Waals surface area (Å²) in [4.78, 5) is 8.50. The Labute approximate surface area is 117 Å². The maximum atomic E-state index is 5.20. The Morgan fingerprint density at radius 1 is 1.40 bits per heavy atom. The highest BCUT2D eigenvalue weighted by molar-refractivity contribution is 5.87. The molecule has 0 amide bonds. The van der Waals surface area contributed by atoms with Crippen LogP contribution in [0.2, 0.25) is 0 Å². The predicted octanol–water partition coefficient (Wildman–Crippen LogP) is 2.01. The molecular weight excluding hydrogens is 254 g/mol. The molecule has 2 aliphatic rings. The van der Waals surface area contributed by atoms with Crippen molar-refractivity contribution < 1.29 is 4.52 Å². The van der Waals surface area contributed by atoms with Crippen molar-refractivity contribution in [3.63, 3.8) is 0 Å². The second kappa shape index (κ2) is 4.41. The fraction of sp³-hybridized carbons (Fsp3) is 0.643. The lowest BCUT2D eigenvalue weighted by molar-refractivity contribution is 0.135. The minimum atomic E-state index is 0.381. The van der Waals surface area contributed by atoms with E-state index >= 15 is 0 Å². The van der Waals surface area contributed by atoms with Crippen LogP contribution < -0.4 is 10.6 Å². The molecule has 106 valence electrons. The SMILES string of the molecule is Cc1noc2ncnc(NC3CCNC4(CCC4)C3)c12. The van der Waals surface area contributed by atoms with Crippen LogP contribution in [0, 0.1) is 6.92 Å². The zero-order chi connectivity index (χ0) is 13.6. The number of fused-ring (bicyclic) bond motifs is 1. The molecule has 2 fully saturated rings. The van der Waals surface area contributed by atoms with Gasteiger partial charge in [-0.1, -0.05) is 5.16 Å². The Hall–Kier alpha value is -1.69. The minimum absolute atomic E-state index is 0.381. The van der Waals surface area contributed by atoms with Gasteiger partial charge in [-0.15, -0.1) is 0 Å². The van der Waals surface area contributed by atoms with Crippen LogP contribution in [0.5, 0.6) is 0 Å². The third-order valence-corrected chi connectivity index (χ3v) is 4.72. The van der Waals surface area contributed by atoms with E-state index in [-0.39, 0.29) is 0 Å². The van der Waals surface area contributed by atoms with Crippen molar-refractivity contribution in [1.29, 1.82) is 0 Å². The number of nitrogens with zero attached hydrogens (tertiary/aromatic N) is 3. The highest BCUT2D eigenvalue weighted by Gasteiger charge is 2.41. The maximum Gasteiger partial charge on any atom is 0.263 e. The lowest BCUT2D eigenvalue weighted by atomic mass is 9.70. The molecule has 6 nitrogen and oxygen atoms in total. The average Bonchev–Trinajstić information content (AvgIpc) is 2.80. The number of hydrogen-bond acceptors (Lipinski definition) is 6. The van der Waals surface area contributed by atoms with Crippen LogP contribution in [-0.4, -0.2) is 33.3 Å². The molecule has 2 aromatic rings. The molecule has 0 radical (unpaired) electrons. The van der Waals surface area contributed by atoms with E-state index < -0.39 is 0 Å². The third-order valence-electron chi connectivity index (χ3n) is 4.72. The molecule has 1 aliphatic heterocycles. The van der Waals surface area contributed by atoms with E-state index in [2.05, 4.69) is 25.8 Å². The molecule has 1 saturated carbocycles. The summed E-state index contributed by atoms with van der Waals surface area (Å²) in [5, 5.41) is 12.2. The average molecular weight is 273 g/mol. The van der Waals surface area contributed by atoms with E-state index in [0.717, 1.165) is 29.9 Å². The van der Waals surface area contributed by atoms with Gasteiger partial charge in [0.05, 0.1) is 5.69 Å². The van der Waals surface area contributed by atoms with Gasteiger partial charge in [-0.25, -0.2) is 4.98 Å². The topological polar surface area (TPSA) is 75.9 Å². The first-order valence-electron chi connectivity index (χ1n) is 7.34. The van der Waals surface area contributed by atoms with Crippen LogP contribution in [-0.2, 0) is 0 Å². The van der Waals surface area contributed by atoms with Crippen molar-refractivity contribution in [3.8, 4) is 0 Å². The first kappa shape index (κ1) is 12.1. The van der Waals surface area contributed by atoms with Crippen LogP contribution in [0.3, 0.4) is 0 Å². The van der Waals surface area contributed by atoms with Gasteiger partial charge < -0.3 is 15.2 Å². The molecule has 1 aliphatic carbocycles. The molecule has 4 rings (SSSR count). The molecular formula is C14H19N5O. The summed E-state index contributed by atoms with van der Waals surface area (Å²) < 4.78 is 5.20. The Balaban J connectivity index is 1.59. The van der Waals surface area contributed by atoms with E-state index in [1.807, 2.05) is 6.92 Å². The predicted molar refractivity (Wildman–Crippen MR) is 75.6 cm³/mol. The Bertz CT molecular complexity index is 634. The smallest absolute Gasteiger partial charge is 0.263 e. The fourth-order valence-electron chi connectivity index (χ4n) is 3.49. The standard InChI is InChI=1S/C14H19N5O/c1-9-11-12(15-8-16-13(11)20-19-9)18-10-3-6-17-14(7-10)4-2-5-14/h8,10,17H,2-7H2,1H3,(H,15,16,18). The fourth-order valence-corrected chi connectivity index (χ4v) is 3.49. The summed E-state index contributed by atoms with van der Waals surface area (Å²) in [6, 6.07) is 0.462. The van der Waals surface area contributed by atoms with Gasteiger partial charge in [0.1, 0.15) is 17.5 Å². The van der Waals surface area contributed by atoms with Crippen molar-refractivity contribution >= 4 is 16.9 Å². The molecule has 20 heavy (non-hydrogen) atoms. The normalized spacial score (nSPS) is 24.8. The lowest BCUT2D eigenvalue weighted by Gasteiger charge is -2.48. The van der Waals surface area contributed by atoms with Gasteiger partial charge >= 0.3 is 0 Å². The van der Waals surface area contributed by atoms with Gasteiger partial charge in [-0.2, -0.15) is 4.98 Å². The van der Waals surface area contributed by atoms with E-state index in [4.69, 9.17) is 4.52 Å². The summed E-state index contributed by atoms with van der Waals surface area (Å²) in [5.74, 6) is 0.857. The molecule has 1 spiro atoms. The van der Waals surface area contributed by atoms with Gasteiger partial charge in [0, 0.05) is 11.6 Å². The summed E-state index contributed by atoms with van der Waals surface area (Å²) in [6.45, 7) is 3.00. The van der Waals surface area contributed by atoms with Crippen molar-refractivity contribution in [2.24, 2.45) is 0 Å². The van der Waals surface area contributed by atoms with E-state index in [1.54, 1.807) is 0 Å². The summed E-state index contributed by atoms with van der Waals surface area (Å²) in [5.41, 5.74) is 1.79. The largest absolute Gasteiger partial charge is 0.366 e. The Kier molecular flexibility index (Phi) is 2.66. The molecule has 0 bridgehead atoms. The summed E-state index contributed by atoms with van der Waals surface area (Å²) in [6.07, 6.45) is 7.78. The molecule has 2 N–H and O–H groups in total. The second-order valence-corrected chi connectivity index (χ2v) is 6.07. The van der Waals surface area contributed by atoms with E-state index in [0.29, 0.717) is 17.3 Å². The molecule has 2 aromatic heterocycles. The molecule has 1 atom stereocenters.